The van der Waals surface area contributed by atoms with E-state index in [4.69, 9.17) is 21.8 Å². The molecule has 1 aliphatic rings. The molecule has 1 aliphatic carbocycles. The molecule has 1 heterocycles. The van der Waals surface area contributed by atoms with Crippen molar-refractivity contribution < 1.29 is 8.81 Å². The summed E-state index contributed by atoms with van der Waals surface area (Å²) in [5.74, 6) is 0.639. The van der Waals surface area contributed by atoms with Crippen molar-refractivity contribution in [1.29, 1.82) is 0 Å². The molecule has 1 saturated carbocycles. The number of hydrogen-bond acceptors (Lipinski definition) is 2. The smallest absolute Gasteiger partial charge is 0.152 e. The molecule has 0 radical (unpaired) electrons. The van der Waals surface area contributed by atoms with Gasteiger partial charge in [-0.1, -0.05) is 11.6 Å². The van der Waals surface area contributed by atoms with Gasteiger partial charge in [0.25, 0.3) is 0 Å². The Morgan fingerprint density at radius 1 is 1.47 bits per heavy atom. The van der Waals surface area contributed by atoms with Crippen LogP contribution in [0.4, 0.5) is 4.39 Å². The van der Waals surface area contributed by atoms with E-state index in [1.54, 1.807) is 6.07 Å². The zero-order valence-electron chi connectivity index (χ0n) is 8.84. The van der Waals surface area contributed by atoms with Crippen LogP contribution in [0.5, 0.6) is 0 Å². The summed E-state index contributed by atoms with van der Waals surface area (Å²) in [6, 6.07) is 3.01. The van der Waals surface area contributed by atoms with Crippen molar-refractivity contribution in [1.82, 2.24) is 0 Å². The summed E-state index contributed by atoms with van der Waals surface area (Å²) in [6.07, 6.45) is 2.23. The summed E-state index contributed by atoms with van der Waals surface area (Å²) in [6.45, 7) is 0. The van der Waals surface area contributed by atoms with Crippen LogP contribution >= 0.6 is 27.5 Å². The van der Waals surface area contributed by atoms with Crippen LogP contribution in [0.25, 0.3) is 11.0 Å². The molecule has 0 spiro atoms. The van der Waals surface area contributed by atoms with Gasteiger partial charge in [0.15, 0.2) is 11.4 Å². The van der Waals surface area contributed by atoms with E-state index < -0.39 is 5.82 Å². The van der Waals surface area contributed by atoms with Gasteiger partial charge in [-0.25, -0.2) is 4.39 Å². The van der Waals surface area contributed by atoms with Crippen LogP contribution < -0.4 is 5.73 Å². The monoisotopic (exact) mass is 317 g/mol. The molecule has 1 unspecified atom stereocenters. The van der Waals surface area contributed by atoms with Crippen LogP contribution in [-0.4, -0.2) is 0 Å². The fourth-order valence-corrected chi connectivity index (χ4v) is 2.84. The fraction of sp³-hybridized carbons (Fsp3) is 0.333. The Morgan fingerprint density at radius 3 is 2.82 bits per heavy atom. The van der Waals surface area contributed by atoms with Gasteiger partial charge in [-0.3, -0.25) is 0 Å². The van der Waals surface area contributed by atoms with E-state index in [1.165, 1.54) is 6.07 Å². The second-order valence-electron chi connectivity index (χ2n) is 4.41. The standard InChI is InChI=1S/C12H10BrClFNO/c13-7-4-8(14)10(15)6-3-9(17-12(6)7)11(16)5-1-2-5/h3-5,11H,1-2,16H2. The van der Waals surface area contributed by atoms with E-state index in [2.05, 4.69) is 15.9 Å². The highest BCUT2D eigenvalue weighted by Crippen LogP contribution is 2.42. The van der Waals surface area contributed by atoms with E-state index in [9.17, 15) is 4.39 Å². The highest BCUT2D eigenvalue weighted by atomic mass is 79.9. The Balaban J connectivity index is 2.17. The number of fused-ring (bicyclic) bond motifs is 1. The van der Waals surface area contributed by atoms with E-state index >= 15 is 0 Å². The first-order valence-corrected chi connectivity index (χ1v) is 6.57. The van der Waals surface area contributed by atoms with Gasteiger partial charge in [0.2, 0.25) is 0 Å². The quantitative estimate of drug-likeness (QED) is 0.834. The topological polar surface area (TPSA) is 39.2 Å². The van der Waals surface area contributed by atoms with Crippen LogP contribution in [0.3, 0.4) is 0 Å². The molecule has 2 aromatic rings. The minimum Gasteiger partial charge on any atom is -0.458 e. The van der Waals surface area contributed by atoms with Crippen molar-refractivity contribution >= 4 is 38.5 Å². The molecule has 0 bridgehead atoms. The van der Waals surface area contributed by atoms with Crippen LogP contribution in [0.2, 0.25) is 5.02 Å². The molecule has 0 saturated heterocycles. The number of nitrogens with two attached hydrogens (primary N) is 1. The lowest BCUT2D eigenvalue weighted by Gasteiger charge is -2.04. The third kappa shape index (κ3) is 1.88. The molecule has 2 N–H and O–H groups in total. The summed E-state index contributed by atoms with van der Waals surface area (Å²) >= 11 is 9.09. The Hall–Kier alpha value is -0.580. The second-order valence-corrected chi connectivity index (χ2v) is 5.67. The number of hydrogen-bond donors (Lipinski definition) is 1. The van der Waals surface area contributed by atoms with Gasteiger partial charge in [0.1, 0.15) is 5.76 Å². The Bertz CT molecular complexity index is 594. The van der Waals surface area contributed by atoms with Crippen LogP contribution in [0, 0.1) is 11.7 Å². The maximum atomic E-state index is 13.8. The molecule has 1 fully saturated rings. The van der Waals surface area contributed by atoms with Crippen LogP contribution in [0.1, 0.15) is 24.6 Å². The highest BCUT2D eigenvalue weighted by Gasteiger charge is 2.32. The zero-order chi connectivity index (χ0) is 12.2. The molecule has 3 rings (SSSR count). The average Bonchev–Trinajstić information content (AvgIpc) is 3.03. The predicted octanol–water partition coefficient (Wildman–Crippen LogP) is 4.40. The first-order valence-electron chi connectivity index (χ1n) is 5.40. The van der Waals surface area contributed by atoms with Gasteiger partial charge >= 0.3 is 0 Å². The van der Waals surface area contributed by atoms with Crippen molar-refractivity contribution in [3.63, 3.8) is 0 Å². The second kappa shape index (κ2) is 3.97. The van der Waals surface area contributed by atoms with E-state index in [0.717, 1.165) is 12.8 Å². The molecule has 2 nitrogen and oxygen atoms in total. The van der Waals surface area contributed by atoms with E-state index in [-0.39, 0.29) is 11.1 Å². The molecular formula is C12H10BrClFNO. The first kappa shape index (κ1) is 11.5. The molecule has 0 aliphatic heterocycles. The van der Waals surface area contributed by atoms with Gasteiger partial charge in [-0.05, 0) is 46.8 Å². The lowest BCUT2D eigenvalue weighted by atomic mass is 10.1. The van der Waals surface area contributed by atoms with Crippen molar-refractivity contribution in [2.75, 3.05) is 0 Å². The number of furan rings is 1. The maximum Gasteiger partial charge on any atom is 0.152 e. The SMILES string of the molecule is NC(c1cc2c(F)c(Cl)cc(Br)c2o1)C1CC1. The van der Waals surface area contributed by atoms with Gasteiger partial charge in [-0.2, -0.15) is 0 Å². The third-order valence-corrected chi connectivity index (χ3v) is 3.99. The fourth-order valence-electron chi connectivity index (χ4n) is 1.97. The van der Waals surface area contributed by atoms with Gasteiger partial charge in [0, 0.05) is 0 Å². The summed E-state index contributed by atoms with van der Waals surface area (Å²) < 4.78 is 20.1. The minimum absolute atomic E-state index is 0.0803. The summed E-state index contributed by atoms with van der Waals surface area (Å²) in [7, 11) is 0. The number of halogens is 3. The third-order valence-electron chi connectivity index (χ3n) is 3.13. The van der Waals surface area contributed by atoms with Crippen molar-refractivity contribution in [2.45, 2.75) is 18.9 Å². The number of benzene rings is 1. The zero-order valence-corrected chi connectivity index (χ0v) is 11.2. The highest BCUT2D eigenvalue weighted by molar-refractivity contribution is 9.10. The number of rotatable bonds is 2. The van der Waals surface area contributed by atoms with Gasteiger partial charge in [-0.15, -0.1) is 0 Å². The van der Waals surface area contributed by atoms with Crippen molar-refractivity contribution in [3.05, 3.63) is 33.2 Å². The van der Waals surface area contributed by atoms with E-state index in [0.29, 0.717) is 27.1 Å². The largest absolute Gasteiger partial charge is 0.458 e. The molecule has 5 heteroatoms. The predicted molar refractivity (Wildman–Crippen MR) is 68.5 cm³/mol. The molecule has 1 aromatic heterocycles. The summed E-state index contributed by atoms with van der Waals surface area (Å²) in [5.41, 5.74) is 6.51. The lowest BCUT2D eigenvalue weighted by Crippen LogP contribution is -2.10. The Morgan fingerprint density at radius 2 is 2.18 bits per heavy atom. The van der Waals surface area contributed by atoms with Crippen molar-refractivity contribution in [2.24, 2.45) is 11.7 Å². The molecule has 1 aromatic carbocycles. The summed E-state index contributed by atoms with van der Waals surface area (Å²) in [4.78, 5) is 0. The maximum absolute atomic E-state index is 13.8. The first-order chi connectivity index (χ1) is 8.08. The van der Waals surface area contributed by atoms with Gasteiger partial charge < -0.3 is 10.2 Å². The van der Waals surface area contributed by atoms with Gasteiger partial charge in [0.05, 0.1) is 20.9 Å². The normalized spacial score (nSPS) is 17.6. The van der Waals surface area contributed by atoms with Crippen molar-refractivity contribution in [3.8, 4) is 0 Å². The molecule has 0 amide bonds. The minimum atomic E-state index is -0.456. The lowest BCUT2D eigenvalue weighted by molar-refractivity contribution is 0.466. The van der Waals surface area contributed by atoms with Crippen LogP contribution in [0.15, 0.2) is 21.0 Å². The Labute approximate surface area is 111 Å². The summed E-state index contributed by atoms with van der Waals surface area (Å²) in [5, 5.41) is 0.465. The molecule has 17 heavy (non-hydrogen) atoms. The van der Waals surface area contributed by atoms with E-state index in [1.807, 2.05) is 0 Å². The molecular weight excluding hydrogens is 308 g/mol. The Kier molecular flexibility index (Phi) is 2.69. The molecule has 1 atom stereocenters. The van der Waals surface area contributed by atoms with Crippen LogP contribution in [-0.2, 0) is 0 Å². The molecule has 90 valence electrons. The average molecular weight is 319 g/mol.